The van der Waals surface area contributed by atoms with Gasteiger partial charge in [-0.25, -0.2) is 4.98 Å². The van der Waals surface area contributed by atoms with Crippen LogP contribution in [-0.2, 0) is 9.53 Å². The third kappa shape index (κ3) is 4.51. The summed E-state index contributed by atoms with van der Waals surface area (Å²) in [5, 5.41) is 0. The molecule has 5 heteroatoms. The Kier molecular flexibility index (Phi) is 5.66. The van der Waals surface area contributed by atoms with Gasteiger partial charge >= 0.3 is 5.97 Å². The van der Waals surface area contributed by atoms with Crippen molar-refractivity contribution < 1.29 is 9.53 Å². The molecule has 0 fully saturated rings. The number of ether oxygens (including phenoxy) is 1. The van der Waals surface area contributed by atoms with Gasteiger partial charge in [0.1, 0.15) is 0 Å². The number of carbonyl (C=O) groups is 1. The maximum Gasteiger partial charge on any atom is 0.306 e. The van der Waals surface area contributed by atoms with Gasteiger partial charge in [-0.1, -0.05) is 37.2 Å². The van der Waals surface area contributed by atoms with Gasteiger partial charge < -0.3 is 4.74 Å². The van der Waals surface area contributed by atoms with E-state index in [1.807, 2.05) is 18.2 Å². The number of hydrogen-bond acceptors (Lipinski definition) is 5. The largest absolute Gasteiger partial charge is 0.466 e. The number of hydrogen-bond donors (Lipinski definition) is 0. The number of fused-ring (bicyclic) bond motifs is 1. The summed E-state index contributed by atoms with van der Waals surface area (Å²) in [6.07, 6.45) is 2.44. The van der Waals surface area contributed by atoms with Crippen molar-refractivity contribution in [3.8, 4) is 0 Å². The smallest absolute Gasteiger partial charge is 0.306 e. The second kappa shape index (κ2) is 7.50. The Morgan fingerprint density at radius 1 is 1.42 bits per heavy atom. The van der Waals surface area contributed by atoms with Gasteiger partial charge in [0.15, 0.2) is 4.34 Å². The van der Waals surface area contributed by atoms with Gasteiger partial charge in [0, 0.05) is 5.75 Å². The number of para-hydroxylation sites is 1. The van der Waals surface area contributed by atoms with Crippen molar-refractivity contribution in [1.82, 2.24) is 4.98 Å². The van der Waals surface area contributed by atoms with Crippen molar-refractivity contribution in [2.75, 3.05) is 12.4 Å². The molecule has 0 N–H and O–H groups in total. The topological polar surface area (TPSA) is 39.2 Å². The summed E-state index contributed by atoms with van der Waals surface area (Å²) in [5.41, 5.74) is 1.03. The van der Waals surface area contributed by atoms with Gasteiger partial charge in [0.25, 0.3) is 0 Å². The fourth-order valence-corrected chi connectivity index (χ4v) is 3.60. The van der Waals surface area contributed by atoms with Crippen LogP contribution in [0.5, 0.6) is 0 Å². The van der Waals surface area contributed by atoms with Crippen molar-refractivity contribution in [3.05, 3.63) is 24.3 Å². The molecule has 102 valence electrons. The molecule has 0 aliphatic heterocycles. The Bertz CT molecular complexity index is 506. The van der Waals surface area contributed by atoms with Gasteiger partial charge in [-0.2, -0.15) is 0 Å². The molecular weight excluding hydrogens is 278 g/mol. The van der Waals surface area contributed by atoms with E-state index in [2.05, 4.69) is 18.0 Å². The molecule has 0 saturated carbocycles. The highest BCUT2D eigenvalue weighted by Crippen LogP contribution is 2.29. The van der Waals surface area contributed by atoms with Gasteiger partial charge in [-0.15, -0.1) is 11.3 Å². The summed E-state index contributed by atoms with van der Waals surface area (Å²) in [7, 11) is 0. The van der Waals surface area contributed by atoms with Crippen LogP contribution in [0.3, 0.4) is 0 Å². The van der Waals surface area contributed by atoms with E-state index in [-0.39, 0.29) is 5.97 Å². The van der Waals surface area contributed by atoms with Gasteiger partial charge in [0.05, 0.1) is 23.2 Å². The fourth-order valence-electron chi connectivity index (χ4n) is 1.54. The Morgan fingerprint density at radius 3 is 3.05 bits per heavy atom. The normalized spacial score (nSPS) is 10.8. The van der Waals surface area contributed by atoms with Crippen LogP contribution in [-0.4, -0.2) is 23.3 Å². The predicted molar refractivity (Wildman–Crippen MR) is 80.8 cm³/mol. The quantitative estimate of drug-likeness (QED) is 0.437. The van der Waals surface area contributed by atoms with Crippen LogP contribution in [0, 0.1) is 0 Å². The second-order valence-corrected chi connectivity index (χ2v) is 6.49. The first-order valence-electron chi connectivity index (χ1n) is 6.43. The monoisotopic (exact) mass is 295 g/mol. The molecule has 1 aromatic heterocycles. The second-order valence-electron chi connectivity index (χ2n) is 4.12. The molecule has 0 atom stereocenters. The number of thiazole rings is 1. The van der Waals surface area contributed by atoms with Crippen molar-refractivity contribution in [3.63, 3.8) is 0 Å². The highest BCUT2D eigenvalue weighted by Gasteiger charge is 2.06. The number of esters is 1. The number of carbonyl (C=O) groups excluding carboxylic acids is 1. The first kappa shape index (κ1) is 14.3. The summed E-state index contributed by atoms with van der Waals surface area (Å²) in [6.45, 7) is 2.62. The standard InChI is InChI=1S/C14H17NO2S2/c1-2-3-9-17-13(16)8-10-18-14-15-11-6-4-5-7-12(11)19-14/h4-7H,2-3,8-10H2,1H3. The number of nitrogens with zero attached hydrogens (tertiary/aromatic N) is 1. The molecule has 0 saturated heterocycles. The van der Waals surface area contributed by atoms with Crippen molar-refractivity contribution in [1.29, 1.82) is 0 Å². The molecule has 0 radical (unpaired) electrons. The molecule has 0 bridgehead atoms. The zero-order valence-electron chi connectivity index (χ0n) is 10.9. The molecular formula is C14H17NO2S2. The Balaban J connectivity index is 1.74. The highest BCUT2D eigenvalue weighted by atomic mass is 32.2. The fraction of sp³-hybridized carbons (Fsp3) is 0.429. The van der Waals surface area contributed by atoms with E-state index in [0.717, 1.165) is 28.5 Å². The third-order valence-electron chi connectivity index (χ3n) is 2.57. The summed E-state index contributed by atoms with van der Waals surface area (Å²) >= 11 is 3.29. The molecule has 0 unspecified atom stereocenters. The minimum atomic E-state index is -0.109. The maximum absolute atomic E-state index is 11.4. The SMILES string of the molecule is CCCCOC(=O)CCSc1nc2ccccc2s1. The lowest BCUT2D eigenvalue weighted by atomic mass is 10.3. The molecule has 3 nitrogen and oxygen atoms in total. The predicted octanol–water partition coefficient (Wildman–Crippen LogP) is 4.12. The molecule has 1 heterocycles. The summed E-state index contributed by atoms with van der Waals surface area (Å²) in [5.74, 6) is 0.618. The van der Waals surface area contributed by atoms with E-state index in [9.17, 15) is 4.79 Å². The first-order chi connectivity index (χ1) is 9.29. The van der Waals surface area contributed by atoms with Crippen LogP contribution in [0.2, 0.25) is 0 Å². The van der Waals surface area contributed by atoms with Crippen LogP contribution in [0.25, 0.3) is 10.2 Å². The van der Waals surface area contributed by atoms with Gasteiger partial charge in [0.2, 0.25) is 0 Å². The summed E-state index contributed by atoms with van der Waals surface area (Å²) < 4.78 is 7.32. The molecule has 0 aliphatic rings. The van der Waals surface area contributed by atoms with Crippen LogP contribution < -0.4 is 0 Å². The number of aromatic nitrogens is 1. The highest BCUT2D eigenvalue weighted by molar-refractivity contribution is 8.01. The molecule has 2 aromatic rings. The van der Waals surface area contributed by atoms with E-state index >= 15 is 0 Å². The molecule has 0 amide bonds. The minimum absolute atomic E-state index is 0.109. The molecule has 1 aromatic carbocycles. The zero-order valence-corrected chi connectivity index (χ0v) is 12.6. The van der Waals surface area contributed by atoms with E-state index in [0.29, 0.717) is 13.0 Å². The van der Waals surface area contributed by atoms with Crippen molar-refractivity contribution >= 4 is 39.3 Å². The van der Waals surface area contributed by atoms with Crippen molar-refractivity contribution in [2.24, 2.45) is 0 Å². The van der Waals surface area contributed by atoms with E-state index < -0.39 is 0 Å². The van der Waals surface area contributed by atoms with E-state index in [4.69, 9.17) is 4.74 Å². The number of thioether (sulfide) groups is 1. The Morgan fingerprint density at radius 2 is 2.26 bits per heavy atom. The number of rotatable bonds is 7. The lowest BCUT2D eigenvalue weighted by Crippen LogP contribution is -2.06. The minimum Gasteiger partial charge on any atom is -0.466 e. The average molecular weight is 295 g/mol. The first-order valence-corrected chi connectivity index (χ1v) is 8.24. The lowest BCUT2D eigenvalue weighted by Gasteiger charge is -2.02. The van der Waals surface area contributed by atoms with E-state index in [1.165, 1.54) is 4.70 Å². The average Bonchev–Trinajstić information content (AvgIpc) is 2.81. The van der Waals surface area contributed by atoms with E-state index in [1.54, 1.807) is 23.1 Å². The number of benzene rings is 1. The molecule has 0 aliphatic carbocycles. The summed E-state index contributed by atoms with van der Waals surface area (Å²) in [6, 6.07) is 8.08. The maximum atomic E-state index is 11.4. The Labute approximate surface area is 121 Å². The zero-order chi connectivity index (χ0) is 13.5. The Hall–Kier alpha value is -1.07. The lowest BCUT2D eigenvalue weighted by molar-refractivity contribution is -0.143. The van der Waals surface area contributed by atoms with Gasteiger partial charge in [-0.3, -0.25) is 4.79 Å². The third-order valence-corrected chi connectivity index (χ3v) is 4.75. The number of unbranched alkanes of at least 4 members (excludes halogenated alkanes) is 1. The molecule has 19 heavy (non-hydrogen) atoms. The van der Waals surface area contributed by atoms with Crippen molar-refractivity contribution in [2.45, 2.75) is 30.5 Å². The van der Waals surface area contributed by atoms with Crippen LogP contribution in [0.1, 0.15) is 26.2 Å². The van der Waals surface area contributed by atoms with Crippen LogP contribution in [0.15, 0.2) is 28.6 Å². The molecule has 0 spiro atoms. The van der Waals surface area contributed by atoms with Crippen LogP contribution >= 0.6 is 23.1 Å². The molecule has 2 rings (SSSR count). The van der Waals surface area contributed by atoms with Crippen LogP contribution in [0.4, 0.5) is 0 Å². The summed E-state index contributed by atoms with van der Waals surface area (Å²) in [4.78, 5) is 15.9. The van der Waals surface area contributed by atoms with Gasteiger partial charge in [-0.05, 0) is 18.6 Å².